The van der Waals surface area contributed by atoms with Gasteiger partial charge in [-0.3, -0.25) is 4.79 Å². The number of nitrogens with zero attached hydrogens (tertiary/aromatic N) is 1. The van der Waals surface area contributed by atoms with Crippen LogP contribution in [0.15, 0.2) is 33.9 Å². The molecule has 116 valence electrons. The number of carboxylic acid groups (broad SMARTS) is 2. The van der Waals surface area contributed by atoms with Crippen molar-refractivity contribution in [2.75, 3.05) is 0 Å². The van der Waals surface area contributed by atoms with E-state index in [-0.39, 0.29) is 62.5 Å². The van der Waals surface area contributed by atoms with Gasteiger partial charge in [0.15, 0.2) is 5.56 Å². The number of carboxylic acids is 2. The second kappa shape index (κ2) is 8.33. The zero-order chi connectivity index (χ0) is 15.7. The van der Waals surface area contributed by atoms with Gasteiger partial charge in [0.25, 0.3) is 5.56 Å². The Bertz CT molecular complexity index is 852. The number of rotatable bonds is 3. The van der Waals surface area contributed by atoms with Crippen LogP contribution in [-0.4, -0.2) is 32.1 Å². The van der Waals surface area contributed by atoms with Crippen LogP contribution in [0.1, 0.15) is 26.4 Å². The fourth-order valence-corrected chi connectivity index (χ4v) is 1.82. The van der Waals surface area contributed by atoms with E-state index in [9.17, 15) is 24.3 Å². The zero-order valence-electron chi connectivity index (χ0n) is 12.2. The van der Waals surface area contributed by atoms with Crippen LogP contribution in [0, 0.1) is 6.92 Å². The average Bonchev–Trinajstić information content (AvgIpc) is 2.39. The van der Waals surface area contributed by atoms with Crippen LogP contribution in [-0.2, 0) is 0 Å². The van der Waals surface area contributed by atoms with Crippen molar-refractivity contribution in [3.8, 4) is 5.69 Å². The van der Waals surface area contributed by atoms with Crippen LogP contribution in [0.3, 0.4) is 0 Å². The Labute approximate surface area is 171 Å². The molecule has 0 atom stereocenters. The predicted molar refractivity (Wildman–Crippen MR) is 72.3 cm³/mol. The van der Waals surface area contributed by atoms with Crippen LogP contribution >= 0.6 is 0 Å². The average molecular weight is 346 g/mol. The fraction of sp³-hybridized carbons (Fsp3) is 0.0769. The molecule has 0 aliphatic rings. The third-order valence-corrected chi connectivity index (χ3v) is 2.81. The van der Waals surface area contributed by atoms with Gasteiger partial charge >= 0.3 is 63.0 Å². The van der Waals surface area contributed by atoms with Crippen molar-refractivity contribution >= 4 is 11.9 Å². The number of aromatic carboxylic acids is 2. The SMILES string of the molecule is Cc1ccc(-n2c(=O)[nH]c(C(=O)[O-])c(C(=O)O)c2=O)cc1.O.[K+]. The molecule has 9 nitrogen and oxygen atoms in total. The molecule has 2 aromatic rings. The van der Waals surface area contributed by atoms with Gasteiger partial charge in [-0.2, -0.15) is 0 Å². The largest absolute Gasteiger partial charge is 1.00 e. The third-order valence-electron chi connectivity index (χ3n) is 2.81. The van der Waals surface area contributed by atoms with E-state index >= 15 is 0 Å². The Morgan fingerprint density at radius 2 is 1.70 bits per heavy atom. The molecule has 1 aromatic carbocycles. The van der Waals surface area contributed by atoms with Gasteiger partial charge in [-0.25, -0.2) is 14.2 Å². The monoisotopic (exact) mass is 346 g/mol. The number of H-pyrrole nitrogens is 1. The number of nitrogens with one attached hydrogen (secondary N) is 1. The van der Waals surface area contributed by atoms with Crippen LogP contribution in [0.25, 0.3) is 5.69 Å². The molecule has 23 heavy (non-hydrogen) atoms. The summed E-state index contributed by atoms with van der Waals surface area (Å²) in [5, 5.41) is 19.8. The Morgan fingerprint density at radius 1 is 1.17 bits per heavy atom. The molecule has 0 saturated heterocycles. The molecule has 0 bridgehead atoms. The Kier molecular flexibility index (Phi) is 7.77. The fourth-order valence-electron chi connectivity index (χ4n) is 1.82. The van der Waals surface area contributed by atoms with Crippen LogP contribution < -0.4 is 67.7 Å². The molecule has 10 heteroatoms. The summed E-state index contributed by atoms with van der Waals surface area (Å²) in [6, 6.07) is 6.12. The smallest absolute Gasteiger partial charge is 0.543 e. The van der Waals surface area contributed by atoms with E-state index in [1.54, 1.807) is 19.1 Å². The summed E-state index contributed by atoms with van der Waals surface area (Å²) in [6.45, 7) is 1.79. The molecule has 0 fully saturated rings. The quantitative estimate of drug-likeness (QED) is 0.529. The van der Waals surface area contributed by atoms with Crippen LogP contribution in [0.5, 0.6) is 0 Å². The number of carbonyl (C=O) groups excluding carboxylic acids is 1. The first-order valence-electron chi connectivity index (χ1n) is 5.74. The molecule has 0 spiro atoms. The maximum atomic E-state index is 12.1. The summed E-state index contributed by atoms with van der Waals surface area (Å²) in [5.74, 6) is -3.71. The number of hydrogen-bond acceptors (Lipinski definition) is 5. The van der Waals surface area contributed by atoms with Gasteiger partial charge in [-0.1, -0.05) is 17.7 Å². The van der Waals surface area contributed by atoms with Gasteiger partial charge in [-0.05, 0) is 19.1 Å². The minimum Gasteiger partial charge on any atom is -0.543 e. The van der Waals surface area contributed by atoms with E-state index in [1.165, 1.54) is 12.1 Å². The molecule has 0 unspecified atom stereocenters. The topological polar surface area (TPSA) is 164 Å². The van der Waals surface area contributed by atoms with Crippen molar-refractivity contribution in [2.45, 2.75) is 6.92 Å². The summed E-state index contributed by atoms with van der Waals surface area (Å²) in [5.41, 5.74) is -3.43. The molecule has 0 aliphatic carbocycles. The standard InChI is InChI=1S/C13H10N2O6.K.H2O/c1-6-2-4-7(5-3-6)15-10(16)8(11(17)18)9(12(19)20)14-13(15)21;;/h2-5H,1H3,(H,14,21)(H,17,18)(H,19,20);;1H2/q;+1;/p-1. The Balaban J connectivity index is 0.00000242. The number of carbonyl (C=O) groups is 2. The first-order valence-corrected chi connectivity index (χ1v) is 5.74. The van der Waals surface area contributed by atoms with Gasteiger partial charge in [-0.15, -0.1) is 0 Å². The summed E-state index contributed by atoms with van der Waals surface area (Å²) < 4.78 is 0.551. The van der Waals surface area contributed by atoms with Crippen molar-refractivity contribution in [3.63, 3.8) is 0 Å². The number of benzene rings is 1. The first-order chi connectivity index (χ1) is 9.82. The van der Waals surface area contributed by atoms with Gasteiger partial charge in [0, 0.05) is 0 Å². The molecule has 2 rings (SSSR count). The van der Waals surface area contributed by atoms with Crippen LogP contribution in [0.4, 0.5) is 0 Å². The first kappa shape index (κ1) is 21.4. The summed E-state index contributed by atoms with van der Waals surface area (Å²) in [7, 11) is 0. The number of hydrogen-bond donors (Lipinski definition) is 2. The third kappa shape index (κ3) is 4.25. The molecule has 0 aliphatic heterocycles. The summed E-state index contributed by atoms with van der Waals surface area (Å²) in [4.78, 5) is 47.7. The predicted octanol–water partition coefficient (Wildman–Crippen LogP) is -4.92. The van der Waals surface area contributed by atoms with Crippen molar-refractivity contribution in [3.05, 3.63) is 61.9 Å². The summed E-state index contributed by atoms with van der Waals surface area (Å²) >= 11 is 0. The Morgan fingerprint density at radius 3 is 2.13 bits per heavy atom. The number of aryl methyl sites for hydroxylation is 1. The molecule has 1 heterocycles. The molecule has 4 N–H and O–H groups in total. The van der Waals surface area contributed by atoms with E-state index in [0.717, 1.165) is 5.56 Å². The molecule has 0 saturated carbocycles. The van der Waals surface area contributed by atoms with E-state index in [1.807, 2.05) is 4.98 Å². The van der Waals surface area contributed by atoms with Gasteiger partial charge in [0.05, 0.1) is 17.4 Å². The number of aromatic amines is 1. The normalized spacial score (nSPS) is 9.43. The van der Waals surface area contributed by atoms with Crippen molar-refractivity contribution < 1.29 is 76.7 Å². The minimum atomic E-state index is -1.95. The minimum absolute atomic E-state index is 0. The van der Waals surface area contributed by atoms with E-state index < -0.39 is 34.4 Å². The van der Waals surface area contributed by atoms with Crippen molar-refractivity contribution in [1.29, 1.82) is 0 Å². The van der Waals surface area contributed by atoms with E-state index in [2.05, 4.69) is 0 Å². The Hall–Kier alpha value is -1.56. The molecule has 1 aromatic heterocycles. The van der Waals surface area contributed by atoms with E-state index in [4.69, 9.17) is 5.11 Å². The van der Waals surface area contributed by atoms with Crippen molar-refractivity contribution in [1.82, 2.24) is 9.55 Å². The van der Waals surface area contributed by atoms with Crippen LogP contribution in [0.2, 0.25) is 0 Å². The molecular formula is C13H11KN2O7. The second-order valence-corrected chi connectivity index (χ2v) is 4.25. The molecule has 0 amide bonds. The zero-order valence-corrected chi connectivity index (χ0v) is 15.4. The second-order valence-electron chi connectivity index (χ2n) is 4.25. The van der Waals surface area contributed by atoms with E-state index in [0.29, 0.717) is 4.57 Å². The molecular weight excluding hydrogens is 335 g/mol. The summed E-state index contributed by atoms with van der Waals surface area (Å²) in [6.07, 6.45) is 0. The van der Waals surface area contributed by atoms with Crippen molar-refractivity contribution in [2.24, 2.45) is 0 Å². The number of aromatic nitrogens is 2. The maximum Gasteiger partial charge on any atom is 1.00 e. The molecule has 0 radical (unpaired) electrons. The maximum absolute atomic E-state index is 12.1. The van der Waals surface area contributed by atoms with Gasteiger partial charge in [0.2, 0.25) is 0 Å². The van der Waals surface area contributed by atoms with Gasteiger partial charge in [0.1, 0.15) is 0 Å². The van der Waals surface area contributed by atoms with Gasteiger partial charge < -0.3 is 25.5 Å².